The maximum atomic E-state index is 13.7. The van der Waals surface area contributed by atoms with Crippen LogP contribution >= 0.6 is 12.6 Å². The highest BCUT2D eigenvalue weighted by Crippen LogP contribution is 2.27. The van der Waals surface area contributed by atoms with Gasteiger partial charge in [0.2, 0.25) is 11.8 Å². The van der Waals surface area contributed by atoms with Crippen LogP contribution in [0.5, 0.6) is 0 Å². The molecule has 0 aliphatic carbocycles. The maximum Gasteiger partial charge on any atom is 0.408 e. The lowest BCUT2D eigenvalue weighted by molar-refractivity contribution is -0.144. The second-order valence-electron chi connectivity index (χ2n) is 10.2. The summed E-state index contributed by atoms with van der Waals surface area (Å²) in [6, 6.07) is 3.65. The summed E-state index contributed by atoms with van der Waals surface area (Å²) in [5, 5.41) is 5.69. The van der Waals surface area contributed by atoms with Crippen molar-refractivity contribution in [3.8, 4) is 0 Å². The molecular formula is C26H43N3O4S. The zero-order valence-corrected chi connectivity index (χ0v) is 23.1. The number of carbonyl (C=O) groups excluding carboxylic acids is 3. The summed E-state index contributed by atoms with van der Waals surface area (Å²) in [6.07, 6.45) is 1.07. The molecule has 8 heteroatoms. The van der Waals surface area contributed by atoms with Gasteiger partial charge < -0.3 is 20.3 Å². The van der Waals surface area contributed by atoms with Crippen molar-refractivity contribution < 1.29 is 19.1 Å². The molecule has 0 aliphatic rings. The second kappa shape index (κ2) is 13.0. The minimum absolute atomic E-state index is 0.0313. The Kier molecular flexibility index (Phi) is 11.4. The van der Waals surface area contributed by atoms with Crippen molar-refractivity contribution >= 4 is 30.5 Å². The third kappa shape index (κ3) is 8.85. The predicted molar refractivity (Wildman–Crippen MR) is 140 cm³/mol. The van der Waals surface area contributed by atoms with Gasteiger partial charge in [-0.2, -0.15) is 12.6 Å². The largest absolute Gasteiger partial charge is 0.444 e. The number of benzene rings is 1. The van der Waals surface area contributed by atoms with Gasteiger partial charge in [0.15, 0.2) is 0 Å². The molecule has 34 heavy (non-hydrogen) atoms. The first-order valence-corrected chi connectivity index (χ1v) is 12.6. The van der Waals surface area contributed by atoms with E-state index in [0.29, 0.717) is 0 Å². The molecule has 0 spiro atoms. The number of amides is 3. The van der Waals surface area contributed by atoms with Crippen molar-refractivity contribution in [3.05, 3.63) is 34.9 Å². The van der Waals surface area contributed by atoms with E-state index in [0.717, 1.165) is 29.5 Å². The zero-order valence-electron chi connectivity index (χ0n) is 22.2. The number of thiol groups is 1. The van der Waals surface area contributed by atoms with E-state index >= 15 is 0 Å². The molecule has 3 unspecified atom stereocenters. The van der Waals surface area contributed by atoms with Gasteiger partial charge in [-0.05, 0) is 78.5 Å². The van der Waals surface area contributed by atoms with Crippen molar-refractivity contribution in [1.82, 2.24) is 15.5 Å². The fourth-order valence-corrected chi connectivity index (χ4v) is 3.94. The molecule has 0 bridgehead atoms. The molecule has 192 valence electrons. The van der Waals surface area contributed by atoms with Crippen LogP contribution in [0.1, 0.15) is 84.0 Å². The number of carbonyl (C=O) groups is 3. The van der Waals surface area contributed by atoms with Crippen LogP contribution < -0.4 is 10.6 Å². The van der Waals surface area contributed by atoms with Crippen LogP contribution in [0.2, 0.25) is 0 Å². The summed E-state index contributed by atoms with van der Waals surface area (Å²) in [5.74, 6) is -0.576. The van der Waals surface area contributed by atoms with Crippen molar-refractivity contribution in [2.45, 2.75) is 105 Å². The molecule has 1 aromatic carbocycles. The number of alkyl carbamates (subject to hydrolysis) is 1. The Balaban J connectivity index is 3.41. The third-order valence-electron chi connectivity index (χ3n) is 5.47. The van der Waals surface area contributed by atoms with Crippen LogP contribution in [0, 0.1) is 13.8 Å². The number of aryl methyl sites for hydroxylation is 2. The highest BCUT2D eigenvalue weighted by molar-refractivity contribution is 7.80. The molecular weight excluding hydrogens is 450 g/mol. The fraction of sp³-hybridized carbons (Fsp3) is 0.654. The molecule has 0 fully saturated rings. The number of ether oxygens (including phenoxy) is 1. The lowest BCUT2D eigenvalue weighted by Gasteiger charge is -2.37. The minimum atomic E-state index is -0.949. The number of nitrogens with zero attached hydrogens (tertiary/aromatic N) is 1. The van der Waals surface area contributed by atoms with Gasteiger partial charge >= 0.3 is 6.09 Å². The molecule has 0 aliphatic heterocycles. The molecule has 0 saturated carbocycles. The smallest absolute Gasteiger partial charge is 0.408 e. The molecule has 3 atom stereocenters. The maximum absolute atomic E-state index is 13.7. The van der Waals surface area contributed by atoms with E-state index < -0.39 is 29.7 Å². The van der Waals surface area contributed by atoms with Crippen molar-refractivity contribution in [3.63, 3.8) is 0 Å². The number of hydrogen-bond acceptors (Lipinski definition) is 5. The Hall–Kier alpha value is -2.22. The first kappa shape index (κ1) is 29.8. The van der Waals surface area contributed by atoms with Crippen LogP contribution in [-0.4, -0.2) is 52.3 Å². The molecule has 3 amide bonds. The molecule has 0 radical (unpaired) electrons. The predicted octanol–water partition coefficient (Wildman–Crippen LogP) is 4.71. The van der Waals surface area contributed by atoms with Crippen molar-refractivity contribution in [1.29, 1.82) is 0 Å². The van der Waals surface area contributed by atoms with Crippen LogP contribution in [0.4, 0.5) is 4.79 Å². The summed E-state index contributed by atoms with van der Waals surface area (Å²) in [5.41, 5.74) is 2.15. The number of nitrogens with one attached hydrogen (secondary N) is 2. The normalized spacial score (nSPS) is 14.2. The first-order valence-electron chi connectivity index (χ1n) is 12.0. The standard InChI is InChI=1S/C26H43N3O4S/c1-10-11-19(6)27-23(30)22(20-13-12-17(4)18(5)14-20)29(16(2)3)24(31)21(15-34)28-25(32)33-26(7,8)9/h12-14,16,19,21-22,34H,10-11,15H2,1-9H3,(H,27,30)(H,28,32). The van der Waals surface area contributed by atoms with Crippen LogP contribution in [0.25, 0.3) is 0 Å². The summed E-state index contributed by atoms with van der Waals surface area (Å²) in [6.45, 7) is 17.0. The summed E-state index contributed by atoms with van der Waals surface area (Å²) in [4.78, 5) is 41.2. The summed E-state index contributed by atoms with van der Waals surface area (Å²) >= 11 is 4.31. The molecule has 1 rings (SSSR count). The average molecular weight is 494 g/mol. The molecule has 0 heterocycles. The van der Waals surface area contributed by atoms with Gasteiger partial charge in [-0.3, -0.25) is 9.59 Å². The Morgan fingerprint density at radius 3 is 2.15 bits per heavy atom. The SMILES string of the molecule is CCCC(C)NC(=O)C(c1ccc(C)c(C)c1)N(C(=O)C(CS)NC(=O)OC(C)(C)C)C(C)C. The Morgan fingerprint density at radius 1 is 1.06 bits per heavy atom. The molecule has 2 N–H and O–H groups in total. The molecule has 1 aromatic rings. The monoisotopic (exact) mass is 493 g/mol. The Bertz CT molecular complexity index is 851. The Labute approximate surface area is 210 Å². The van der Waals surface area contributed by atoms with E-state index in [1.54, 1.807) is 20.8 Å². The van der Waals surface area contributed by atoms with Gasteiger partial charge in [0.05, 0.1) is 0 Å². The van der Waals surface area contributed by atoms with Crippen LogP contribution in [0.3, 0.4) is 0 Å². The van der Waals surface area contributed by atoms with Gasteiger partial charge in [0, 0.05) is 17.8 Å². The van der Waals surface area contributed by atoms with Crippen LogP contribution in [-0.2, 0) is 14.3 Å². The van der Waals surface area contributed by atoms with Crippen molar-refractivity contribution in [2.24, 2.45) is 0 Å². The molecule has 0 aromatic heterocycles. The topological polar surface area (TPSA) is 87.7 Å². The lowest BCUT2D eigenvalue weighted by Crippen LogP contribution is -2.56. The third-order valence-corrected chi connectivity index (χ3v) is 5.83. The minimum Gasteiger partial charge on any atom is -0.444 e. The Morgan fingerprint density at radius 2 is 1.68 bits per heavy atom. The van der Waals surface area contributed by atoms with Crippen LogP contribution in [0.15, 0.2) is 18.2 Å². The van der Waals surface area contributed by atoms with E-state index in [2.05, 4.69) is 30.2 Å². The van der Waals surface area contributed by atoms with E-state index in [4.69, 9.17) is 4.74 Å². The van der Waals surface area contributed by atoms with Gasteiger partial charge in [-0.1, -0.05) is 31.5 Å². The molecule has 0 saturated heterocycles. The summed E-state index contributed by atoms with van der Waals surface area (Å²) in [7, 11) is 0. The second-order valence-corrected chi connectivity index (χ2v) is 10.5. The van der Waals surface area contributed by atoms with Gasteiger partial charge in [-0.15, -0.1) is 0 Å². The highest BCUT2D eigenvalue weighted by Gasteiger charge is 2.37. The van der Waals surface area contributed by atoms with Gasteiger partial charge in [0.25, 0.3) is 0 Å². The molecule has 7 nitrogen and oxygen atoms in total. The first-order chi connectivity index (χ1) is 15.7. The summed E-state index contributed by atoms with van der Waals surface area (Å²) < 4.78 is 5.33. The quantitative estimate of drug-likeness (QED) is 0.412. The lowest BCUT2D eigenvalue weighted by atomic mass is 9.97. The highest BCUT2D eigenvalue weighted by atomic mass is 32.1. The van der Waals surface area contributed by atoms with E-state index in [1.165, 1.54) is 4.90 Å². The zero-order chi connectivity index (χ0) is 26.2. The average Bonchev–Trinajstić information content (AvgIpc) is 2.70. The van der Waals surface area contributed by atoms with E-state index in [-0.39, 0.29) is 23.7 Å². The van der Waals surface area contributed by atoms with Gasteiger partial charge in [0.1, 0.15) is 17.7 Å². The number of hydrogen-bond donors (Lipinski definition) is 3. The van der Waals surface area contributed by atoms with E-state index in [1.807, 2.05) is 52.8 Å². The van der Waals surface area contributed by atoms with E-state index in [9.17, 15) is 14.4 Å². The fourth-order valence-electron chi connectivity index (χ4n) is 3.70. The number of rotatable bonds is 10. The van der Waals surface area contributed by atoms with Gasteiger partial charge in [-0.25, -0.2) is 4.79 Å². The van der Waals surface area contributed by atoms with Crippen molar-refractivity contribution in [2.75, 3.05) is 5.75 Å².